The summed E-state index contributed by atoms with van der Waals surface area (Å²) < 4.78 is 5.14. The van der Waals surface area contributed by atoms with Gasteiger partial charge in [-0.2, -0.15) is 0 Å². The van der Waals surface area contributed by atoms with E-state index in [4.69, 9.17) is 4.74 Å². The van der Waals surface area contributed by atoms with Crippen LogP contribution in [0.2, 0.25) is 0 Å². The van der Waals surface area contributed by atoms with E-state index in [0.717, 1.165) is 19.3 Å². The predicted molar refractivity (Wildman–Crippen MR) is 70.5 cm³/mol. The molecule has 0 fully saturated rings. The van der Waals surface area contributed by atoms with Crippen molar-refractivity contribution in [2.45, 2.75) is 65.3 Å². The van der Waals surface area contributed by atoms with Crippen molar-refractivity contribution in [2.24, 2.45) is 10.9 Å². The minimum absolute atomic E-state index is 0.0371. The van der Waals surface area contributed by atoms with Gasteiger partial charge in [0.05, 0.1) is 0 Å². The number of hydrogen-bond donors (Lipinski definition) is 0. The number of aliphatic imine (C=N–C) groups is 1. The summed E-state index contributed by atoms with van der Waals surface area (Å²) in [6.07, 6.45) is 3.67. The molecule has 1 rings (SSSR count). The first-order chi connectivity index (χ1) is 8.46. The van der Waals surface area contributed by atoms with E-state index < -0.39 is 5.54 Å². The molecule has 0 saturated heterocycles. The molecule has 0 amide bonds. The molecule has 2 atom stereocenters. The third-order valence-corrected chi connectivity index (χ3v) is 3.43. The van der Waals surface area contributed by atoms with Crippen LogP contribution in [0.3, 0.4) is 0 Å². The number of rotatable bonds is 7. The quantitative estimate of drug-likeness (QED) is 0.655. The second kappa shape index (κ2) is 6.12. The van der Waals surface area contributed by atoms with Crippen molar-refractivity contribution in [1.82, 2.24) is 0 Å². The highest BCUT2D eigenvalue weighted by atomic mass is 16.6. The second-order valence-electron chi connectivity index (χ2n) is 5.09. The number of carbonyl (C=O) groups is 2. The van der Waals surface area contributed by atoms with E-state index >= 15 is 0 Å². The Balaban J connectivity index is 3.06. The van der Waals surface area contributed by atoms with Crippen LogP contribution < -0.4 is 0 Å². The molecular formula is C14H23NO3. The summed E-state index contributed by atoms with van der Waals surface area (Å²) in [5.41, 5.74) is -0.819. The smallest absolute Gasteiger partial charge is 0.340 e. The topological polar surface area (TPSA) is 55.7 Å². The van der Waals surface area contributed by atoms with E-state index in [1.54, 1.807) is 13.8 Å². The van der Waals surface area contributed by atoms with Crippen LogP contribution in [0.15, 0.2) is 4.99 Å². The molecule has 1 heterocycles. The van der Waals surface area contributed by atoms with Crippen LogP contribution in [0, 0.1) is 5.92 Å². The lowest BCUT2D eigenvalue weighted by molar-refractivity contribution is -0.142. The minimum atomic E-state index is -0.819. The Bertz CT molecular complexity index is 362. The first kappa shape index (κ1) is 14.9. The Kier molecular flexibility index (Phi) is 5.05. The van der Waals surface area contributed by atoms with Gasteiger partial charge in [0.25, 0.3) is 0 Å². The van der Waals surface area contributed by atoms with Crippen molar-refractivity contribution in [2.75, 3.05) is 0 Å². The third-order valence-electron chi connectivity index (χ3n) is 3.43. The minimum Gasteiger partial charge on any atom is -0.410 e. The normalized spacial score (nSPS) is 24.7. The molecule has 1 aliphatic heterocycles. The number of ether oxygens (including phenoxy) is 1. The lowest BCUT2D eigenvalue weighted by atomic mass is 9.76. The summed E-state index contributed by atoms with van der Waals surface area (Å²) in [7, 11) is 0. The molecule has 0 aromatic heterocycles. The lowest BCUT2D eigenvalue weighted by Crippen LogP contribution is -2.42. The molecule has 0 bridgehead atoms. The Labute approximate surface area is 109 Å². The Morgan fingerprint density at radius 3 is 2.44 bits per heavy atom. The first-order valence-electron chi connectivity index (χ1n) is 6.74. The maximum Gasteiger partial charge on any atom is 0.340 e. The fourth-order valence-electron chi connectivity index (χ4n) is 2.78. The fourth-order valence-corrected chi connectivity index (χ4v) is 2.78. The summed E-state index contributed by atoms with van der Waals surface area (Å²) in [6.45, 7) is 7.35. The van der Waals surface area contributed by atoms with Crippen molar-refractivity contribution in [3.8, 4) is 0 Å². The van der Waals surface area contributed by atoms with Crippen LogP contribution in [0.5, 0.6) is 0 Å². The fraction of sp³-hybridized carbons (Fsp3) is 0.786. The number of cyclic esters (lactones) is 1. The summed E-state index contributed by atoms with van der Waals surface area (Å²) in [4.78, 5) is 28.0. The molecule has 0 saturated carbocycles. The van der Waals surface area contributed by atoms with Crippen molar-refractivity contribution in [3.05, 3.63) is 0 Å². The summed E-state index contributed by atoms with van der Waals surface area (Å²) in [6, 6.07) is 0. The maximum absolute atomic E-state index is 12.1. The molecule has 18 heavy (non-hydrogen) atoms. The highest BCUT2D eigenvalue weighted by molar-refractivity contribution is 5.99. The number of carbonyl (C=O) groups excluding carboxylic acids is 2. The van der Waals surface area contributed by atoms with Gasteiger partial charge in [-0.3, -0.25) is 0 Å². The lowest BCUT2D eigenvalue weighted by Gasteiger charge is -2.30. The molecule has 0 aromatic carbocycles. The highest BCUT2D eigenvalue weighted by Gasteiger charge is 2.50. The molecule has 0 radical (unpaired) electrons. The van der Waals surface area contributed by atoms with E-state index in [9.17, 15) is 9.59 Å². The molecule has 4 heteroatoms. The average molecular weight is 253 g/mol. The van der Waals surface area contributed by atoms with E-state index in [2.05, 4.69) is 11.9 Å². The van der Waals surface area contributed by atoms with Crippen LogP contribution >= 0.6 is 0 Å². The van der Waals surface area contributed by atoms with Gasteiger partial charge >= 0.3 is 5.97 Å². The van der Waals surface area contributed by atoms with Gasteiger partial charge in [-0.1, -0.05) is 26.7 Å². The molecule has 0 aliphatic carbocycles. The van der Waals surface area contributed by atoms with Crippen LogP contribution in [0.25, 0.3) is 0 Å². The number of ketones is 1. The van der Waals surface area contributed by atoms with Crippen LogP contribution in [-0.2, 0) is 14.3 Å². The van der Waals surface area contributed by atoms with Gasteiger partial charge in [0.2, 0.25) is 0 Å². The zero-order chi connectivity index (χ0) is 13.8. The van der Waals surface area contributed by atoms with Crippen molar-refractivity contribution in [1.29, 1.82) is 0 Å². The van der Waals surface area contributed by atoms with Crippen molar-refractivity contribution in [3.63, 3.8) is 0 Å². The molecule has 1 aliphatic rings. The molecule has 0 aromatic rings. The number of hydrogen-bond acceptors (Lipinski definition) is 4. The Hall–Kier alpha value is -1.19. The number of esters is 1. The molecule has 0 spiro atoms. The third kappa shape index (κ3) is 2.98. The maximum atomic E-state index is 12.1. The second-order valence-corrected chi connectivity index (χ2v) is 5.09. The van der Waals surface area contributed by atoms with Gasteiger partial charge in [0, 0.05) is 19.3 Å². The number of nitrogens with zero attached hydrogens (tertiary/aromatic N) is 1. The van der Waals surface area contributed by atoms with Crippen molar-refractivity contribution >= 4 is 17.7 Å². The summed E-state index contributed by atoms with van der Waals surface area (Å²) >= 11 is 0. The van der Waals surface area contributed by atoms with Crippen LogP contribution in [0.4, 0.5) is 0 Å². The van der Waals surface area contributed by atoms with E-state index in [0.29, 0.717) is 18.7 Å². The Morgan fingerprint density at radius 1 is 1.39 bits per heavy atom. The molecule has 0 N–H and O–H groups in total. The molecule has 4 nitrogen and oxygen atoms in total. The van der Waals surface area contributed by atoms with E-state index in [1.807, 2.05) is 6.92 Å². The predicted octanol–water partition coefficient (Wildman–Crippen LogP) is 2.90. The van der Waals surface area contributed by atoms with Crippen molar-refractivity contribution < 1.29 is 14.3 Å². The number of Topliss-reactive ketones (excluding diaryl/α,β-unsaturated/α-hetero) is 1. The van der Waals surface area contributed by atoms with Crippen LogP contribution in [-0.4, -0.2) is 23.2 Å². The van der Waals surface area contributed by atoms with Gasteiger partial charge in [-0.05, 0) is 19.8 Å². The van der Waals surface area contributed by atoms with Gasteiger partial charge in [-0.25, -0.2) is 9.79 Å². The summed E-state index contributed by atoms with van der Waals surface area (Å²) in [5, 5.41) is 0. The zero-order valence-electron chi connectivity index (χ0n) is 11.8. The SMILES string of the molecule is CCC[C@@H](CC(C)=O)[C@@]1(CCC)N=C(C)OC1=O. The van der Waals surface area contributed by atoms with E-state index in [1.165, 1.54) is 0 Å². The Morgan fingerprint density at radius 2 is 2.06 bits per heavy atom. The van der Waals surface area contributed by atoms with Gasteiger partial charge < -0.3 is 9.53 Å². The zero-order valence-corrected chi connectivity index (χ0v) is 11.8. The van der Waals surface area contributed by atoms with Crippen LogP contribution in [0.1, 0.15) is 59.8 Å². The van der Waals surface area contributed by atoms with E-state index in [-0.39, 0.29) is 17.7 Å². The molecular weight excluding hydrogens is 230 g/mol. The summed E-state index contributed by atoms with van der Waals surface area (Å²) in [5.74, 6) is 0.223. The standard InChI is InChI=1S/C14H23NO3/c1-5-7-12(9-10(3)16)14(8-6-2)13(17)18-11(4)15-14/h12H,5-9H2,1-4H3/t12-,14+/m0/s1. The molecule has 0 unspecified atom stereocenters. The highest BCUT2D eigenvalue weighted by Crippen LogP contribution is 2.38. The van der Waals surface area contributed by atoms with Gasteiger partial charge in [0.15, 0.2) is 11.4 Å². The average Bonchev–Trinajstić information content (AvgIpc) is 2.54. The first-order valence-corrected chi connectivity index (χ1v) is 6.74. The van der Waals surface area contributed by atoms with Gasteiger partial charge in [-0.15, -0.1) is 0 Å². The molecule has 102 valence electrons. The van der Waals surface area contributed by atoms with Gasteiger partial charge in [0.1, 0.15) is 5.78 Å². The monoisotopic (exact) mass is 253 g/mol. The largest absolute Gasteiger partial charge is 0.410 e.